The van der Waals surface area contributed by atoms with E-state index in [1.54, 1.807) is 24.3 Å². The number of benzene rings is 2. The molecule has 3 amide bonds. The summed E-state index contributed by atoms with van der Waals surface area (Å²) in [4.78, 5) is 46.7. The lowest BCUT2D eigenvalue weighted by molar-refractivity contribution is -0.121. The van der Waals surface area contributed by atoms with E-state index in [1.165, 1.54) is 18.2 Å². The number of carbonyl (C=O) groups excluding carboxylic acids is 3. The van der Waals surface area contributed by atoms with Crippen LogP contribution in [-0.4, -0.2) is 57.6 Å². The van der Waals surface area contributed by atoms with E-state index < -0.39 is 5.25 Å². The van der Waals surface area contributed by atoms with Gasteiger partial charge in [0.1, 0.15) is 5.25 Å². The highest BCUT2D eigenvalue weighted by Crippen LogP contribution is 2.33. The highest BCUT2D eigenvalue weighted by molar-refractivity contribution is 8.15. The first kappa shape index (κ1) is 23.6. The maximum Gasteiger partial charge on any atom is 0.262 e. The Morgan fingerprint density at radius 1 is 0.971 bits per heavy atom. The van der Waals surface area contributed by atoms with Crippen molar-refractivity contribution in [2.24, 2.45) is 4.99 Å². The summed E-state index contributed by atoms with van der Waals surface area (Å²) in [6.07, 6.45) is 5.40. The summed E-state index contributed by atoms with van der Waals surface area (Å²) in [5.74, 6) is -0.525. The van der Waals surface area contributed by atoms with Crippen molar-refractivity contribution in [1.29, 1.82) is 0 Å². The van der Waals surface area contributed by atoms with Gasteiger partial charge in [-0.15, -0.1) is 0 Å². The number of nitrogens with zero attached hydrogens (tertiary/aromatic N) is 3. The third kappa shape index (κ3) is 5.42. The zero-order valence-electron chi connectivity index (χ0n) is 19.7. The molecule has 0 aliphatic carbocycles. The molecule has 3 aliphatic rings. The van der Waals surface area contributed by atoms with E-state index in [1.807, 2.05) is 23.1 Å². The number of anilines is 1. The molecule has 2 fully saturated rings. The number of thioether (sulfide) groups is 1. The summed E-state index contributed by atoms with van der Waals surface area (Å²) < 4.78 is 0. The highest BCUT2D eigenvalue weighted by Gasteiger charge is 2.34. The van der Waals surface area contributed by atoms with Gasteiger partial charge >= 0.3 is 0 Å². The quantitative estimate of drug-likeness (QED) is 0.669. The van der Waals surface area contributed by atoms with Crippen LogP contribution in [0.25, 0.3) is 0 Å². The van der Waals surface area contributed by atoms with Crippen molar-refractivity contribution in [2.75, 3.05) is 25.0 Å². The van der Waals surface area contributed by atoms with Crippen LogP contribution >= 0.6 is 11.8 Å². The Hall–Kier alpha value is -3.13. The Morgan fingerprint density at radius 2 is 1.77 bits per heavy atom. The molecule has 0 bridgehead atoms. The normalized spacial score (nSPS) is 22.3. The van der Waals surface area contributed by atoms with Gasteiger partial charge in [-0.05, 0) is 55.9 Å². The second-order valence-electron chi connectivity index (χ2n) is 9.29. The van der Waals surface area contributed by atoms with Gasteiger partial charge in [-0.3, -0.25) is 14.4 Å². The van der Waals surface area contributed by atoms with Crippen molar-refractivity contribution in [3.05, 3.63) is 65.7 Å². The van der Waals surface area contributed by atoms with Crippen molar-refractivity contribution < 1.29 is 14.4 Å². The first-order valence-corrected chi connectivity index (χ1v) is 13.3. The van der Waals surface area contributed by atoms with Crippen molar-refractivity contribution in [2.45, 2.75) is 49.8 Å². The number of aliphatic imine (C=N–C) groups is 1. The molecule has 2 saturated heterocycles. The molecular formula is C27H30N4O3S. The van der Waals surface area contributed by atoms with Gasteiger partial charge in [0.25, 0.3) is 11.8 Å². The number of hydrogen-bond donors (Lipinski definition) is 1. The lowest BCUT2D eigenvalue weighted by Gasteiger charge is -2.27. The van der Waals surface area contributed by atoms with Gasteiger partial charge in [-0.2, -0.15) is 4.99 Å². The SMILES string of the molecule is O=C(C[C@H]1SC(N2CCCCC2)=NC1=O)Nc1cccc(C(=O)N2CCC[C@@H]2c2ccccc2)c1. The van der Waals surface area contributed by atoms with Gasteiger partial charge in [0.05, 0.1) is 6.04 Å². The van der Waals surface area contributed by atoms with Crippen LogP contribution in [0.4, 0.5) is 5.69 Å². The van der Waals surface area contributed by atoms with Gasteiger partial charge < -0.3 is 15.1 Å². The predicted octanol–water partition coefficient (Wildman–Crippen LogP) is 4.48. The second-order valence-corrected chi connectivity index (χ2v) is 10.5. The molecule has 3 aliphatic heterocycles. The van der Waals surface area contributed by atoms with Gasteiger partial charge in [0, 0.05) is 37.3 Å². The van der Waals surface area contributed by atoms with E-state index in [0.717, 1.165) is 56.0 Å². The van der Waals surface area contributed by atoms with Crippen LogP contribution < -0.4 is 5.32 Å². The molecule has 1 N–H and O–H groups in total. The van der Waals surface area contributed by atoms with E-state index in [4.69, 9.17) is 0 Å². The lowest BCUT2D eigenvalue weighted by atomic mass is 10.0. The molecule has 182 valence electrons. The number of likely N-dealkylation sites (tertiary alicyclic amines) is 2. The molecule has 2 aromatic carbocycles. The van der Waals surface area contributed by atoms with Crippen LogP contribution in [0.2, 0.25) is 0 Å². The molecule has 35 heavy (non-hydrogen) atoms. The monoisotopic (exact) mass is 490 g/mol. The Bertz CT molecular complexity index is 1130. The van der Waals surface area contributed by atoms with Crippen LogP contribution in [0.1, 0.15) is 60.5 Å². The summed E-state index contributed by atoms with van der Waals surface area (Å²) in [6.45, 7) is 2.55. The Kier molecular flexibility index (Phi) is 7.18. The van der Waals surface area contributed by atoms with Gasteiger partial charge in [-0.1, -0.05) is 48.2 Å². The van der Waals surface area contributed by atoms with E-state index in [-0.39, 0.29) is 30.2 Å². The zero-order valence-corrected chi connectivity index (χ0v) is 20.5. The van der Waals surface area contributed by atoms with Crippen LogP contribution in [0.3, 0.4) is 0 Å². The molecule has 7 nitrogen and oxygen atoms in total. The smallest absolute Gasteiger partial charge is 0.262 e. The van der Waals surface area contributed by atoms with Crippen LogP contribution in [0.15, 0.2) is 59.6 Å². The summed E-state index contributed by atoms with van der Waals surface area (Å²) in [6, 6.07) is 17.2. The molecule has 0 radical (unpaired) electrons. The fourth-order valence-electron chi connectivity index (χ4n) is 5.04. The summed E-state index contributed by atoms with van der Waals surface area (Å²) in [5, 5.41) is 3.13. The van der Waals surface area contributed by atoms with E-state index >= 15 is 0 Å². The number of amides is 3. The molecule has 0 aromatic heterocycles. The number of carbonyl (C=O) groups is 3. The van der Waals surface area contributed by atoms with Gasteiger partial charge in [-0.25, -0.2) is 0 Å². The highest BCUT2D eigenvalue weighted by atomic mass is 32.2. The minimum Gasteiger partial charge on any atom is -0.351 e. The fourth-order valence-corrected chi connectivity index (χ4v) is 6.15. The average molecular weight is 491 g/mol. The van der Waals surface area contributed by atoms with Crippen molar-refractivity contribution >= 4 is 40.3 Å². The number of amidine groups is 1. The molecule has 3 heterocycles. The Morgan fingerprint density at radius 3 is 2.57 bits per heavy atom. The average Bonchev–Trinajstić information content (AvgIpc) is 3.52. The standard InChI is InChI=1S/C27H30N4O3S/c32-24(18-23-25(33)29-27(35-23)30-14-5-2-6-15-30)28-21-12-7-11-20(17-21)26(34)31-16-8-13-22(31)19-9-3-1-4-10-19/h1,3-4,7,9-12,17,22-23H,2,5-6,8,13-16,18H2,(H,28,32)/t22-,23-/m1/s1. The fraction of sp³-hybridized carbons (Fsp3) is 0.407. The number of piperidine rings is 1. The van der Waals surface area contributed by atoms with Crippen LogP contribution in [0, 0.1) is 0 Å². The maximum absolute atomic E-state index is 13.3. The second kappa shape index (κ2) is 10.6. The van der Waals surface area contributed by atoms with Crippen molar-refractivity contribution in [1.82, 2.24) is 9.80 Å². The first-order valence-electron chi connectivity index (χ1n) is 12.4. The molecule has 8 heteroatoms. The minimum absolute atomic E-state index is 0.0337. The van der Waals surface area contributed by atoms with E-state index in [9.17, 15) is 14.4 Å². The zero-order chi connectivity index (χ0) is 24.2. The lowest BCUT2D eigenvalue weighted by Crippen LogP contribution is -2.33. The first-order chi connectivity index (χ1) is 17.1. The molecule has 0 spiro atoms. The number of rotatable bonds is 5. The topological polar surface area (TPSA) is 82.1 Å². The third-order valence-corrected chi connectivity index (χ3v) is 8.03. The Balaban J connectivity index is 1.20. The summed E-state index contributed by atoms with van der Waals surface area (Å²) in [5.41, 5.74) is 2.25. The van der Waals surface area contributed by atoms with Crippen LogP contribution in [0.5, 0.6) is 0 Å². The predicted molar refractivity (Wildman–Crippen MR) is 138 cm³/mol. The summed E-state index contributed by atoms with van der Waals surface area (Å²) in [7, 11) is 0. The third-order valence-electron chi connectivity index (χ3n) is 6.82. The number of hydrogen-bond acceptors (Lipinski definition) is 5. The molecule has 2 atom stereocenters. The molecule has 0 saturated carbocycles. The molecular weight excluding hydrogens is 460 g/mol. The maximum atomic E-state index is 13.3. The molecule has 2 aromatic rings. The van der Waals surface area contributed by atoms with Gasteiger partial charge in [0.2, 0.25) is 5.91 Å². The molecule has 0 unspecified atom stereocenters. The number of nitrogens with one attached hydrogen (secondary N) is 1. The summed E-state index contributed by atoms with van der Waals surface area (Å²) >= 11 is 1.39. The van der Waals surface area contributed by atoms with E-state index in [2.05, 4.69) is 27.3 Å². The largest absolute Gasteiger partial charge is 0.351 e. The van der Waals surface area contributed by atoms with E-state index in [0.29, 0.717) is 11.3 Å². The minimum atomic E-state index is -0.493. The van der Waals surface area contributed by atoms with Crippen molar-refractivity contribution in [3.63, 3.8) is 0 Å². The van der Waals surface area contributed by atoms with Crippen molar-refractivity contribution in [3.8, 4) is 0 Å². The van der Waals surface area contributed by atoms with Crippen LogP contribution in [-0.2, 0) is 9.59 Å². The molecule has 5 rings (SSSR count). The van der Waals surface area contributed by atoms with Gasteiger partial charge in [0.15, 0.2) is 5.17 Å². The Labute approximate surface area is 210 Å².